The summed E-state index contributed by atoms with van der Waals surface area (Å²) >= 11 is 0. The average molecular weight is 423 g/mol. The van der Waals surface area contributed by atoms with Crippen LogP contribution >= 0.6 is 0 Å². The van der Waals surface area contributed by atoms with Gasteiger partial charge in [-0.25, -0.2) is 8.42 Å². The summed E-state index contributed by atoms with van der Waals surface area (Å²) in [6.07, 6.45) is 2.36. The number of para-hydroxylation sites is 2. The predicted octanol–water partition coefficient (Wildman–Crippen LogP) is 2.50. The highest BCUT2D eigenvalue weighted by atomic mass is 32.2. The summed E-state index contributed by atoms with van der Waals surface area (Å²) in [6.45, 7) is 0.190. The molecule has 0 saturated heterocycles. The van der Waals surface area contributed by atoms with E-state index in [0.717, 1.165) is 5.56 Å². The molecular weight excluding hydrogens is 402 g/mol. The van der Waals surface area contributed by atoms with E-state index < -0.39 is 16.1 Å². The van der Waals surface area contributed by atoms with Gasteiger partial charge in [0.1, 0.15) is 5.75 Å². The number of fused-ring (bicyclic) bond motifs is 1. The number of aromatic nitrogens is 1. The molecule has 0 aliphatic carbocycles. The number of sulfonamides is 1. The van der Waals surface area contributed by atoms with Gasteiger partial charge < -0.3 is 10.1 Å². The summed E-state index contributed by atoms with van der Waals surface area (Å²) in [4.78, 5) is 16.8. The Kier molecular flexibility index (Phi) is 5.67. The molecule has 4 rings (SSSR count). The van der Waals surface area contributed by atoms with Crippen molar-refractivity contribution in [1.82, 2.24) is 10.3 Å². The van der Waals surface area contributed by atoms with E-state index in [2.05, 4.69) is 10.3 Å². The Bertz CT molecular complexity index is 1120. The van der Waals surface area contributed by atoms with E-state index in [1.807, 2.05) is 12.1 Å². The topological polar surface area (TPSA) is 88.6 Å². The van der Waals surface area contributed by atoms with Gasteiger partial charge in [-0.05, 0) is 29.3 Å². The lowest BCUT2D eigenvalue weighted by Gasteiger charge is -2.34. The molecule has 0 bridgehead atoms. The first kappa shape index (κ1) is 19.9. The number of carbonyl (C=O) groups excluding carboxylic acids is 1. The Labute approximate surface area is 175 Å². The molecule has 30 heavy (non-hydrogen) atoms. The summed E-state index contributed by atoms with van der Waals surface area (Å²) in [5.41, 5.74) is 1.96. The smallest absolute Gasteiger partial charge is 0.263 e. The zero-order chi connectivity index (χ0) is 21.0. The molecule has 0 radical (unpaired) electrons. The van der Waals surface area contributed by atoms with Crippen LogP contribution in [0.4, 0.5) is 5.69 Å². The minimum Gasteiger partial charge on any atom is -0.476 e. The van der Waals surface area contributed by atoms with E-state index in [0.29, 0.717) is 17.0 Å². The molecule has 0 unspecified atom stereocenters. The number of rotatable bonds is 6. The van der Waals surface area contributed by atoms with Crippen LogP contribution < -0.4 is 14.4 Å². The highest BCUT2D eigenvalue weighted by Gasteiger charge is 2.36. The van der Waals surface area contributed by atoms with E-state index in [9.17, 15) is 13.2 Å². The molecular formula is C22H21N3O4S. The zero-order valence-corrected chi connectivity index (χ0v) is 17.0. The molecule has 0 spiro atoms. The molecule has 1 aromatic heterocycles. The minimum absolute atomic E-state index is 0.0922. The number of nitrogens with zero attached hydrogens (tertiary/aromatic N) is 2. The van der Waals surface area contributed by atoms with Crippen LogP contribution in [0, 0.1) is 0 Å². The molecule has 154 valence electrons. The third kappa shape index (κ3) is 4.44. The molecule has 8 heteroatoms. The highest BCUT2D eigenvalue weighted by Crippen LogP contribution is 2.35. The quantitative estimate of drug-likeness (QED) is 0.658. The predicted molar refractivity (Wildman–Crippen MR) is 113 cm³/mol. The van der Waals surface area contributed by atoms with Gasteiger partial charge in [0.2, 0.25) is 10.0 Å². The standard InChI is InChI=1S/C22H21N3O4S/c26-22(24-14-18-9-6-12-23-13-18)21-15-25(19-10-4-5-11-20(19)29-21)30(27,28)16-17-7-2-1-3-8-17/h1-13,21H,14-16H2,(H,24,26)/t21-/m0/s1. The Balaban J connectivity index is 1.55. The van der Waals surface area contributed by atoms with Crippen molar-refractivity contribution in [1.29, 1.82) is 0 Å². The van der Waals surface area contributed by atoms with Gasteiger partial charge in [-0.3, -0.25) is 14.1 Å². The van der Waals surface area contributed by atoms with Crippen molar-refractivity contribution in [3.05, 3.63) is 90.3 Å². The van der Waals surface area contributed by atoms with Crippen LogP contribution in [0.15, 0.2) is 79.1 Å². The number of hydrogen-bond acceptors (Lipinski definition) is 5. The summed E-state index contributed by atoms with van der Waals surface area (Å²) in [6, 6.07) is 19.4. The van der Waals surface area contributed by atoms with Crippen LogP contribution in [0.3, 0.4) is 0 Å². The van der Waals surface area contributed by atoms with Gasteiger partial charge in [-0.1, -0.05) is 48.5 Å². The molecule has 1 aliphatic heterocycles. The van der Waals surface area contributed by atoms with E-state index in [-0.39, 0.29) is 24.7 Å². The number of anilines is 1. The van der Waals surface area contributed by atoms with Gasteiger partial charge in [0.25, 0.3) is 5.91 Å². The van der Waals surface area contributed by atoms with Crippen LogP contribution in [0.5, 0.6) is 5.75 Å². The first-order valence-corrected chi connectivity index (χ1v) is 11.1. The molecule has 0 fully saturated rings. The van der Waals surface area contributed by atoms with Crippen LogP contribution in [0.1, 0.15) is 11.1 Å². The van der Waals surface area contributed by atoms with E-state index in [4.69, 9.17) is 4.74 Å². The lowest BCUT2D eigenvalue weighted by molar-refractivity contribution is -0.127. The highest BCUT2D eigenvalue weighted by molar-refractivity contribution is 7.92. The van der Waals surface area contributed by atoms with Gasteiger partial charge in [0.15, 0.2) is 6.10 Å². The summed E-state index contributed by atoms with van der Waals surface area (Å²) in [5, 5.41) is 2.80. The third-order valence-corrected chi connectivity index (χ3v) is 6.46. The fourth-order valence-corrected chi connectivity index (χ4v) is 4.85. The van der Waals surface area contributed by atoms with Gasteiger partial charge in [-0.15, -0.1) is 0 Å². The SMILES string of the molecule is O=C(NCc1cccnc1)[C@@H]1CN(S(=O)(=O)Cc2ccccc2)c2ccccc2O1. The second kappa shape index (κ2) is 8.54. The second-order valence-corrected chi connectivity index (χ2v) is 8.82. The van der Waals surface area contributed by atoms with Gasteiger partial charge >= 0.3 is 0 Å². The van der Waals surface area contributed by atoms with Crippen molar-refractivity contribution in [3.8, 4) is 5.75 Å². The number of ether oxygens (including phenoxy) is 1. The van der Waals surface area contributed by atoms with Crippen LogP contribution in [0.25, 0.3) is 0 Å². The van der Waals surface area contributed by atoms with Crippen LogP contribution in [-0.4, -0.2) is 32.0 Å². The number of carbonyl (C=O) groups is 1. The van der Waals surface area contributed by atoms with Crippen molar-refractivity contribution in [2.75, 3.05) is 10.8 Å². The molecule has 2 aromatic carbocycles. The molecule has 7 nitrogen and oxygen atoms in total. The maximum absolute atomic E-state index is 13.2. The van der Waals surface area contributed by atoms with E-state index in [1.54, 1.807) is 67.0 Å². The van der Waals surface area contributed by atoms with Crippen molar-refractivity contribution >= 4 is 21.6 Å². The fourth-order valence-electron chi connectivity index (χ4n) is 3.27. The summed E-state index contributed by atoms with van der Waals surface area (Å²) in [5.74, 6) is -0.179. The Morgan fingerprint density at radius 1 is 1.03 bits per heavy atom. The Morgan fingerprint density at radius 2 is 1.77 bits per heavy atom. The lowest BCUT2D eigenvalue weighted by atomic mass is 10.2. The normalized spacial score (nSPS) is 15.7. The van der Waals surface area contributed by atoms with Crippen molar-refractivity contribution in [3.63, 3.8) is 0 Å². The zero-order valence-electron chi connectivity index (χ0n) is 16.1. The number of pyridine rings is 1. The van der Waals surface area contributed by atoms with Crippen molar-refractivity contribution in [2.45, 2.75) is 18.4 Å². The summed E-state index contributed by atoms with van der Waals surface area (Å²) in [7, 11) is -3.72. The maximum atomic E-state index is 13.2. The van der Waals surface area contributed by atoms with Crippen molar-refractivity contribution in [2.24, 2.45) is 0 Å². The molecule has 1 N–H and O–H groups in total. The van der Waals surface area contributed by atoms with Crippen LogP contribution in [0.2, 0.25) is 0 Å². The van der Waals surface area contributed by atoms with E-state index >= 15 is 0 Å². The second-order valence-electron chi connectivity index (χ2n) is 6.93. The molecule has 1 atom stereocenters. The van der Waals surface area contributed by atoms with Crippen molar-refractivity contribution < 1.29 is 17.9 Å². The molecule has 0 saturated carbocycles. The van der Waals surface area contributed by atoms with Gasteiger partial charge in [-0.2, -0.15) is 0 Å². The lowest BCUT2D eigenvalue weighted by Crippen LogP contribution is -2.50. The molecule has 3 aromatic rings. The first-order valence-electron chi connectivity index (χ1n) is 9.49. The van der Waals surface area contributed by atoms with Crippen LogP contribution in [-0.2, 0) is 27.1 Å². The number of amides is 1. The summed E-state index contributed by atoms with van der Waals surface area (Å²) < 4.78 is 33.5. The third-order valence-electron chi connectivity index (χ3n) is 4.74. The number of benzene rings is 2. The maximum Gasteiger partial charge on any atom is 0.263 e. The Hall–Kier alpha value is -3.39. The average Bonchev–Trinajstić information content (AvgIpc) is 2.77. The van der Waals surface area contributed by atoms with E-state index in [1.165, 1.54) is 4.31 Å². The fraction of sp³-hybridized carbons (Fsp3) is 0.182. The van der Waals surface area contributed by atoms with Gasteiger partial charge in [0, 0.05) is 18.9 Å². The minimum atomic E-state index is -3.72. The van der Waals surface area contributed by atoms with Gasteiger partial charge in [0.05, 0.1) is 18.0 Å². The first-order chi connectivity index (χ1) is 14.5. The number of nitrogens with one attached hydrogen (secondary N) is 1. The molecule has 1 aliphatic rings. The molecule has 1 amide bonds. The number of hydrogen-bond donors (Lipinski definition) is 1. The Morgan fingerprint density at radius 3 is 2.53 bits per heavy atom. The largest absolute Gasteiger partial charge is 0.476 e. The molecule has 2 heterocycles. The monoisotopic (exact) mass is 423 g/mol.